The molecule has 0 radical (unpaired) electrons. The molecule has 0 aliphatic carbocycles. The van der Waals surface area contributed by atoms with Crippen LogP contribution in [0.3, 0.4) is 0 Å². The summed E-state index contributed by atoms with van der Waals surface area (Å²) in [7, 11) is 0. The summed E-state index contributed by atoms with van der Waals surface area (Å²) in [5.41, 5.74) is 0. The molecule has 0 heterocycles. The Balaban J connectivity index is 4.44. The number of carbonyl (C=O) groups excluding carboxylic acids is 3. The zero-order valence-electron chi connectivity index (χ0n) is 36.4. The van der Waals surface area contributed by atoms with E-state index in [0.29, 0.717) is 19.3 Å². The van der Waals surface area contributed by atoms with Crippen LogP contribution in [-0.4, -0.2) is 37.2 Å². The number of rotatable bonds is 40. The molecule has 0 fully saturated rings. The summed E-state index contributed by atoms with van der Waals surface area (Å²) in [6.45, 7) is 6.32. The summed E-state index contributed by atoms with van der Waals surface area (Å²) in [5.74, 6) is -0.943. The summed E-state index contributed by atoms with van der Waals surface area (Å²) in [5, 5.41) is 0. The van der Waals surface area contributed by atoms with Crippen LogP contribution < -0.4 is 0 Å². The molecule has 0 bridgehead atoms. The highest BCUT2D eigenvalue weighted by Crippen LogP contribution is 2.13. The average molecular weight is 781 g/mol. The van der Waals surface area contributed by atoms with Crippen molar-refractivity contribution in [2.45, 2.75) is 213 Å². The molecule has 0 aromatic heterocycles. The van der Waals surface area contributed by atoms with Gasteiger partial charge in [-0.25, -0.2) is 0 Å². The lowest BCUT2D eigenvalue weighted by Gasteiger charge is -2.18. The van der Waals surface area contributed by atoms with Gasteiger partial charge in [-0.05, 0) is 96.3 Å². The van der Waals surface area contributed by atoms with Crippen LogP contribution in [0.1, 0.15) is 207 Å². The van der Waals surface area contributed by atoms with Gasteiger partial charge in [-0.1, -0.05) is 164 Å². The number of hydrogen-bond acceptors (Lipinski definition) is 6. The summed E-state index contributed by atoms with van der Waals surface area (Å²) >= 11 is 0. The molecule has 0 saturated heterocycles. The van der Waals surface area contributed by atoms with Crippen LogP contribution in [0.4, 0.5) is 0 Å². The van der Waals surface area contributed by atoms with Gasteiger partial charge in [0.25, 0.3) is 0 Å². The Bertz CT molecular complexity index is 1080. The second kappa shape index (κ2) is 44.6. The van der Waals surface area contributed by atoms with Crippen molar-refractivity contribution in [3.8, 4) is 0 Å². The van der Waals surface area contributed by atoms with Gasteiger partial charge in [-0.2, -0.15) is 0 Å². The number of ether oxygens (including phenoxy) is 3. The van der Waals surface area contributed by atoms with Crippen molar-refractivity contribution in [1.82, 2.24) is 0 Å². The molecule has 56 heavy (non-hydrogen) atoms. The molecule has 0 spiro atoms. The Morgan fingerprint density at radius 3 is 1.11 bits per heavy atom. The zero-order valence-corrected chi connectivity index (χ0v) is 36.4. The predicted molar refractivity (Wildman–Crippen MR) is 238 cm³/mol. The number of allylic oxidation sites excluding steroid dienone is 12. The van der Waals surface area contributed by atoms with Crippen LogP contribution in [0.5, 0.6) is 0 Å². The molecule has 6 heteroatoms. The highest BCUT2D eigenvalue weighted by molar-refractivity contribution is 5.71. The van der Waals surface area contributed by atoms with Gasteiger partial charge >= 0.3 is 17.9 Å². The zero-order chi connectivity index (χ0) is 40.8. The number of esters is 3. The molecular formula is C50H84O6. The monoisotopic (exact) mass is 781 g/mol. The van der Waals surface area contributed by atoms with Gasteiger partial charge in [-0.3, -0.25) is 14.4 Å². The first-order chi connectivity index (χ1) is 27.5. The van der Waals surface area contributed by atoms with Crippen LogP contribution in [-0.2, 0) is 28.6 Å². The lowest BCUT2D eigenvalue weighted by atomic mass is 10.1. The third-order valence-electron chi connectivity index (χ3n) is 9.43. The van der Waals surface area contributed by atoms with E-state index in [2.05, 4.69) is 93.7 Å². The standard InChI is InChI=1S/C50H84O6/c1-4-7-10-13-16-19-22-24-26-28-31-34-37-40-43-49(52)55-46-47(45-54-48(51)42-39-36-33-30-21-18-15-12-9-6-3)56-50(53)44-41-38-35-32-29-27-25-23-20-17-14-11-8-5-2/h7-8,10-11,15-20,24,26,47H,4-6,9,12-14,21-23,25,27-46H2,1-3H3/b10-7-,11-8-,18-15-,19-16-,20-17-,26-24-. The van der Waals surface area contributed by atoms with Crippen molar-refractivity contribution in [2.75, 3.05) is 13.2 Å². The lowest BCUT2D eigenvalue weighted by Crippen LogP contribution is -2.30. The summed E-state index contributed by atoms with van der Waals surface area (Å²) in [6, 6.07) is 0. The average Bonchev–Trinajstić information content (AvgIpc) is 3.19. The van der Waals surface area contributed by atoms with Gasteiger partial charge in [0.15, 0.2) is 6.10 Å². The van der Waals surface area contributed by atoms with Crippen LogP contribution in [0, 0.1) is 0 Å². The Morgan fingerprint density at radius 1 is 0.375 bits per heavy atom. The van der Waals surface area contributed by atoms with Gasteiger partial charge in [-0.15, -0.1) is 0 Å². The predicted octanol–water partition coefficient (Wildman–Crippen LogP) is 14.7. The fraction of sp³-hybridized carbons (Fsp3) is 0.700. The van der Waals surface area contributed by atoms with E-state index < -0.39 is 6.10 Å². The van der Waals surface area contributed by atoms with E-state index >= 15 is 0 Å². The molecule has 0 N–H and O–H groups in total. The second-order valence-corrected chi connectivity index (χ2v) is 14.9. The summed E-state index contributed by atoms with van der Waals surface area (Å²) in [4.78, 5) is 37.7. The molecule has 1 atom stereocenters. The van der Waals surface area contributed by atoms with Crippen molar-refractivity contribution < 1.29 is 28.6 Å². The molecule has 0 amide bonds. The molecule has 1 unspecified atom stereocenters. The lowest BCUT2D eigenvalue weighted by molar-refractivity contribution is -0.167. The van der Waals surface area contributed by atoms with Crippen LogP contribution >= 0.6 is 0 Å². The second-order valence-electron chi connectivity index (χ2n) is 14.9. The van der Waals surface area contributed by atoms with Crippen molar-refractivity contribution in [1.29, 1.82) is 0 Å². The fourth-order valence-corrected chi connectivity index (χ4v) is 6.00. The Labute approximate surface area is 344 Å². The van der Waals surface area contributed by atoms with Crippen molar-refractivity contribution in [3.63, 3.8) is 0 Å². The third kappa shape index (κ3) is 42.0. The molecule has 0 aromatic rings. The van der Waals surface area contributed by atoms with E-state index in [9.17, 15) is 14.4 Å². The first kappa shape index (κ1) is 52.9. The molecule has 0 aliphatic rings. The van der Waals surface area contributed by atoms with Crippen LogP contribution in [0.25, 0.3) is 0 Å². The van der Waals surface area contributed by atoms with Gasteiger partial charge in [0.2, 0.25) is 0 Å². The molecule has 0 saturated carbocycles. The maximum absolute atomic E-state index is 12.7. The molecular weight excluding hydrogens is 697 g/mol. The highest BCUT2D eigenvalue weighted by Gasteiger charge is 2.19. The van der Waals surface area contributed by atoms with Crippen molar-refractivity contribution >= 4 is 17.9 Å². The molecule has 0 rings (SSSR count). The summed E-state index contributed by atoms with van der Waals surface area (Å²) in [6.07, 6.45) is 54.6. The summed E-state index contributed by atoms with van der Waals surface area (Å²) < 4.78 is 16.7. The SMILES string of the molecule is CC/C=C\C/C=C\C/C=C\CCCCCCC(=O)OCC(COC(=O)CCCCCC/C=C\CCCC)OC(=O)CCCCCCCCC/C=C\C/C=C\CC. The topological polar surface area (TPSA) is 78.9 Å². The van der Waals surface area contributed by atoms with Gasteiger partial charge in [0.1, 0.15) is 13.2 Å². The maximum atomic E-state index is 12.7. The van der Waals surface area contributed by atoms with Crippen LogP contribution in [0.15, 0.2) is 72.9 Å². The first-order valence-corrected chi connectivity index (χ1v) is 22.9. The Kier molecular flexibility index (Phi) is 42.1. The minimum atomic E-state index is -0.791. The van der Waals surface area contributed by atoms with Crippen molar-refractivity contribution in [3.05, 3.63) is 72.9 Å². The number of carbonyl (C=O) groups is 3. The Hall–Kier alpha value is -3.15. The quantitative estimate of drug-likeness (QED) is 0.0267. The highest BCUT2D eigenvalue weighted by atomic mass is 16.6. The molecule has 6 nitrogen and oxygen atoms in total. The molecule has 320 valence electrons. The van der Waals surface area contributed by atoms with Gasteiger partial charge < -0.3 is 14.2 Å². The van der Waals surface area contributed by atoms with Gasteiger partial charge in [0, 0.05) is 19.3 Å². The fourth-order valence-electron chi connectivity index (χ4n) is 6.00. The molecule has 0 aromatic carbocycles. The van der Waals surface area contributed by atoms with E-state index in [4.69, 9.17) is 14.2 Å². The smallest absolute Gasteiger partial charge is 0.306 e. The van der Waals surface area contributed by atoms with Crippen molar-refractivity contribution in [2.24, 2.45) is 0 Å². The van der Waals surface area contributed by atoms with E-state index in [1.807, 2.05) is 0 Å². The van der Waals surface area contributed by atoms with E-state index in [0.717, 1.165) is 128 Å². The minimum absolute atomic E-state index is 0.0930. The normalized spacial score (nSPS) is 12.7. The number of hydrogen-bond donors (Lipinski definition) is 0. The minimum Gasteiger partial charge on any atom is -0.462 e. The first-order valence-electron chi connectivity index (χ1n) is 22.9. The molecule has 0 aliphatic heterocycles. The van der Waals surface area contributed by atoms with Crippen LogP contribution in [0.2, 0.25) is 0 Å². The maximum Gasteiger partial charge on any atom is 0.306 e. The number of unbranched alkanes of at least 4 members (excludes halogenated alkanes) is 17. The van der Waals surface area contributed by atoms with E-state index in [-0.39, 0.29) is 31.1 Å². The largest absolute Gasteiger partial charge is 0.462 e. The van der Waals surface area contributed by atoms with Gasteiger partial charge in [0.05, 0.1) is 0 Å². The van der Waals surface area contributed by atoms with E-state index in [1.54, 1.807) is 0 Å². The Morgan fingerprint density at radius 2 is 0.696 bits per heavy atom. The third-order valence-corrected chi connectivity index (χ3v) is 9.43. The van der Waals surface area contributed by atoms with E-state index in [1.165, 1.54) is 38.5 Å².